The van der Waals surface area contributed by atoms with Crippen molar-refractivity contribution in [3.63, 3.8) is 0 Å². The summed E-state index contributed by atoms with van der Waals surface area (Å²) in [4.78, 5) is 11.5. The third-order valence-corrected chi connectivity index (χ3v) is 2.50. The number of amides is 1. The summed E-state index contributed by atoms with van der Waals surface area (Å²) in [6, 6.07) is 5.89. The van der Waals surface area contributed by atoms with Crippen LogP contribution < -0.4 is 11.1 Å². The van der Waals surface area contributed by atoms with Crippen LogP contribution in [0.2, 0.25) is 0 Å². The normalized spacial score (nSPS) is 14.6. The smallest absolute Gasteiger partial charge is 0.407 e. The summed E-state index contributed by atoms with van der Waals surface area (Å²) in [5, 5.41) is 2.61. The van der Waals surface area contributed by atoms with Crippen LogP contribution in [0.5, 0.6) is 0 Å². The molecule has 0 aromatic heterocycles. The van der Waals surface area contributed by atoms with E-state index < -0.39 is 17.2 Å². The largest absolute Gasteiger partial charge is 0.444 e. The van der Waals surface area contributed by atoms with Crippen LogP contribution in [0.4, 0.5) is 9.18 Å². The van der Waals surface area contributed by atoms with Gasteiger partial charge in [0.2, 0.25) is 0 Å². The van der Waals surface area contributed by atoms with E-state index in [0.29, 0.717) is 0 Å². The third-order valence-electron chi connectivity index (χ3n) is 2.50. The fourth-order valence-corrected chi connectivity index (χ4v) is 1.50. The molecule has 4 nitrogen and oxygen atoms in total. The minimum atomic E-state index is -0.787. The molecular weight excluding hydrogens is 247 g/mol. The van der Waals surface area contributed by atoms with Crippen molar-refractivity contribution in [2.24, 2.45) is 5.73 Å². The van der Waals surface area contributed by atoms with E-state index in [1.165, 1.54) is 12.1 Å². The molecule has 0 aliphatic carbocycles. The number of rotatable bonds is 3. The van der Waals surface area contributed by atoms with E-state index in [1.54, 1.807) is 39.8 Å². The number of nitrogens with one attached hydrogen (secondary N) is 1. The number of carbonyl (C=O) groups is 1. The van der Waals surface area contributed by atoms with Crippen LogP contribution in [0, 0.1) is 5.82 Å². The first-order valence-corrected chi connectivity index (χ1v) is 6.12. The number of benzene rings is 1. The molecule has 1 rings (SSSR count). The molecule has 0 fully saturated rings. The predicted octanol–water partition coefficient (Wildman–Crippen LogP) is 2.52. The summed E-state index contributed by atoms with van der Waals surface area (Å²) in [6.45, 7) is 7.32. The zero-order chi connectivity index (χ0) is 14.7. The van der Waals surface area contributed by atoms with Crippen molar-refractivity contribution in [1.29, 1.82) is 0 Å². The quantitative estimate of drug-likeness (QED) is 0.885. The van der Waals surface area contributed by atoms with Crippen LogP contribution >= 0.6 is 0 Å². The standard InChI is InChI=1S/C14H21FN2O2/c1-13(2,3)19-12(18)17-9-14(4,16)10-5-7-11(15)8-6-10/h5-8H,9,16H2,1-4H3,(H,17,18). The van der Waals surface area contributed by atoms with Crippen molar-refractivity contribution in [2.75, 3.05) is 6.54 Å². The van der Waals surface area contributed by atoms with Crippen molar-refractivity contribution in [3.05, 3.63) is 35.6 Å². The molecule has 0 heterocycles. The number of carbonyl (C=O) groups excluding carboxylic acids is 1. The maximum Gasteiger partial charge on any atom is 0.407 e. The van der Waals surface area contributed by atoms with Gasteiger partial charge in [0, 0.05) is 6.54 Å². The van der Waals surface area contributed by atoms with E-state index in [4.69, 9.17) is 10.5 Å². The lowest BCUT2D eigenvalue weighted by atomic mass is 9.93. The van der Waals surface area contributed by atoms with Crippen LogP contribution in [-0.2, 0) is 10.3 Å². The first-order valence-electron chi connectivity index (χ1n) is 6.12. The number of hydrogen-bond donors (Lipinski definition) is 2. The van der Waals surface area contributed by atoms with Crippen molar-refractivity contribution >= 4 is 6.09 Å². The monoisotopic (exact) mass is 268 g/mol. The predicted molar refractivity (Wildman–Crippen MR) is 72.2 cm³/mol. The maximum atomic E-state index is 12.8. The minimum absolute atomic E-state index is 0.202. The molecule has 19 heavy (non-hydrogen) atoms. The Bertz CT molecular complexity index is 436. The van der Waals surface area contributed by atoms with Crippen LogP contribution in [0.15, 0.2) is 24.3 Å². The van der Waals surface area contributed by atoms with Crippen LogP contribution in [-0.4, -0.2) is 18.2 Å². The van der Waals surface area contributed by atoms with Gasteiger partial charge >= 0.3 is 6.09 Å². The Labute approximate surface area is 113 Å². The van der Waals surface area contributed by atoms with Gasteiger partial charge in [-0.3, -0.25) is 0 Å². The number of halogens is 1. The zero-order valence-electron chi connectivity index (χ0n) is 11.8. The van der Waals surface area contributed by atoms with Gasteiger partial charge in [0.05, 0.1) is 5.54 Å². The van der Waals surface area contributed by atoms with Gasteiger partial charge in [0.1, 0.15) is 11.4 Å². The molecule has 0 radical (unpaired) electrons. The lowest BCUT2D eigenvalue weighted by molar-refractivity contribution is 0.0516. The van der Waals surface area contributed by atoms with Gasteiger partial charge in [-0.25, -0.2) is 9.18 Å². The fraction of sp³-hybridized carbons (Fsp3) is 0.500. The first kappa shape index (κ1) is 15.4. The number of alkyl carbamates (subject to hydrolysis) is 1. The van der Waals surface area contributed by atoms with E-state index in [-0.39, 0.29) is 12.4 Å². The minimum Gasteiger partial charge on any atom is -0.444 e. The average molecular weight is 268 g/mol. The topological polar surface area (TPSA) is 64.3 Å². The third kappa shape index (κ3) is 5.26. The van der Waals surface area contributed by atoms with Gasteiger partial charge in [0.15, 0.2) is 0 Å². The van der Waals surface area contributed by atoms with Crippen LogP contribution in [0.1, 0.15) is 33.3 Å². The van der Waals surface area contributed by atoms with Crippen molar-refractivity contribution < 1.29 is 13.9 Å². The van der Waals surface area contributed by atoms with Gasteiger partial charge < -0.3 is 15.8 Å². The van der Waals surface area contributed by atoms with Gasteiger partial charge in [-0.1, -0.05) is 12.1 Å². The molecule has 0 saturated carbocycles. The molecule has 106 valence electrons. The number of hydrogen-bond acceptors (Lipinski definition) is 3. The zero-order valence-corrected chi connectivity index (χ0v) is 11.8. The first-order chi connectivity index (χ1) is 8.60. The summed E-state index contributed by atoms with van der Waals surface area (Å²) in [7, 11) is 0. The Morgan fingerprint density at radius 1 is 1.26 bits per heavy atom. The molecule has 1 atom stereocenters. The lowest BCUT2D eigenvalue weighted by Gasteiger charge is -2.27. The molecule has 0 bridgehead atoms. The average Bonchev–Trinajstić information content (AvgIpc) is 2.25. The van der Waals surface area contributed by atoms with Gasteiger partial charge in [0.25, 0.3) is 0 Å². The molecule has 0 saturated heterocycles. The van der Waals surface area contributed by atoms with Crippen LogP contribution in [0.3, 0.4) is 0 Å². The molecule has 1 amide bonds. The summed E-state index contributed by atoms with van der Waals surface area (Å²) < 4.78 is 18.0. The van der Waals surface area contributed by atoms with E-state index in [2.05, 4.69) is 5.32 Å². The fourth-order valence-electron chi connectivity index (χ4n) is 1.50. The molecule has 0 aliphatic rings. The molecule has 1 aromatic carbocycles. The molecule has 0 aliphatic heterocycles. The van der Waals surface area contributed by atoms with Gasteiger partial charge in [-0.2, -0.15) is 0 Å². The summed E-state index contributed by atoms with van der Waals surface area (Å²) in [5.41, 5.74) is 5.51. The highest BCUT2D eigenvalue weighted by Crippen LogP contribution is 2.17. The molecule has 5 heteroatoms. The Hall–Kier alpha value is -1.62. The Morgan fingerprint density at radius 2 is 1.79 bits per heavy atom. The van der Waals surface area contributed by atoms with Gasteiger partial charge in [-0.05, 0) is 45.4 Å². The summed E-state index contributed by atoms with van der Waals surface area (Å²) in [6.07, 6.45) is -0.522. The Balaban J connectivity index is 2.60. The van der Waals surface area contributed by atoms with E-state index in [0.717, 1.165) is 5.56 Å². The Kier molecular flexibility index (Phi) is 4.52. The highest BCUT2D eigenvalue weighted by molar-refractivity contribution is 5.67. The number of ether oxygens (including phenoxy) is 1. The Morgan fingerprint density at radius 3 is 2.26 bits per heavy atom. The second kappa shape index (κ2) is 5.57. The SMILES string of the molecule is CC(C)(C)OC(=O)NCC(C)(N)c1ccc(F)cc1. The van der Waals surface area contributed by atoms with Gasteiger partial charge in [-0.15, -0.1) is 0 Å². The molecule has 3 N–H and O–H groups in total. The van der Waals surface area contributed by atoms with Crippen molar-refractivity contribution in [2.45, 2.75) is 38.8 Å². The van der Waals surface area contributed by atoms with E-state index in [1.807, 2.05) is 0 Å². The molecule has 1 aromatic rings. The highest BCUT2D eigenvalue weighted by Gasteiger charge is 2.23. The lowest BCUT2D eigenvalue weighted by Crippen LogP contribution is -2.46. The second-order valence-electron chi connectivity index (χ2n) is 5.78. The molecular formula is C14H21FN2O2. The second-order valence-corrected chi connectivity index (χ2v) is 5.78. The van der Waals surface area contributed by atoms with E-state index in [9.17, 15) is 9.18 Å². The van der Waals surface area contributed by atoms with Crippen LogP contribution in [0.25, 0.3) is 0 Å². The highest BCUT2D eigenvalue weighted by atomic mass is 19.1. The van der Waals surface area contributed by atoms with E-state index >= 15 is 0 Å². The summed E-state index contributed by atoms with van der Waals surface area (Å²) >= 11 is 0. The molecule has 0 spiro atoms. The summed E-state index contributed by atoms with van der Waals surface area (Å²) in [5.74, 6) is -0.320. The van der Waals surface area contributed by atoms with Crippen molar-refractivity contribution in [3.8, 4) is 0 Å². The number of nitrogens with two attached hydrogens (primary N) is 1. The maximum absolute atomic E-state index is 12.8. The van der Waals surface area contributed by atoms with Crippen molar-refractivity contribution in [1.82, 2.24) is 5.32 Å². The molecule has 1 unspecified atom stereocenters.